The van der Waals surface area contributed by atoms with E-state index in [1.54, 1.807) is 20.2 Å². The number of hydrogen-bond acceptors (Lipinski definition) is 5. The van der Waals surface area contributed by atoms with Crippen LogP contribution >= 0.6 is 0 Å². The lowest BCUT2D eigenvalue weighted by Gasteiger charge is -2.13. The lowest BCUT2D eigenvalue weighted by molar-refractivity contribution is -0.142. The number of rotatable bonds is 5. The van der Waals surface area contributed by atoms with Crippen LogP contribution in [0.5, 0.6) is 0 Å². The van der Waals surface area contributed by atoms with Gasteiger partial charge in [-0.2, -0.15) is 31.4 Å². The van der Waals surface area contributed by atoms with Crippen molar-refractivity contribution in [3.63, 3.8) is 0 Å². The van der Waals surface area contributed by atoms with E-state index in [1.165, 1.54) is 12.1 Å². The lowest BCUT2D eigenvalue weighted by Crippen LogP contribution is -2.20. The summed E-state index contributed by atoms with van der Waals surface area (Å²) in [5, 5.41) is 9.16. The third-order valence-electron chi connectivity index (χ3n) is 5.85. The van der Waals surface area contributed by atoms with Gasteiger partial charge in [0.2, 0.25) is 10.0 Å². The Balaban J connectivity index is 1.87. The zero-order valence-electron chi connectivity index (χ0n) is 21.0. The van der Waals surface area contributed by atoms with Gasteiger partial charge in [0.05, 0.1) is 27.9 Å². The van der Waals surface area contributed by atoms with Crippen LogP contribution in [0.1, 0.15) is 27.9 Å². The SMILES string of the molecule is CN(C)CCc1c(C#Cc2cnn3c(C(F)(F)F)cc(-c4ccc(C(F)(F)F)cc4)nc23)cccc1S(N)(=O)=O. The summed E-state index contributed by atoms with van der Waals surface area (Å²) in [6, 6.07) is 8.59. The number of aromatic nitrogens is 3. The minimum Gasteiger partial charge on any atom is -0.309 e. The third kappa shape index (κ3) is 6.27. The van der Waals surface area contributed by atoms with E-state index < -0.39 is 33.6 Å². The van der Waals surface area contributed by atoms with E-state index in [9.17, 15) is 34.8 Å². The second kappa shape index (κ2) is 10.6. The van der Waals surface area contributed by atoms with Gasteiger partial charge in [-0.15, -0.1) is 0 Å². The van der Waals surface area contributed by atoms with Crippen molar-refractivity contribution in [3.05, 3.63) is 82.7 Å². The number of nitrogens with two attached hydrogens (primary N) is 1. The van der Waals surface area contributed by atoms with E-state index in [1.807, 2.05) is 4.90 Å². The van der Waals surface area contributed by atoms with Gasteiger partial charge >= 0.3 is 12.4 Å². The number of benzene rings is 2. The Bertz CT molecular complexity index is 1730. The van der Waals surface area contributed by atoms with E-state index in [2.05, 4.69) is 21.9 Å². The van der Waals surface area contributed by atoms with Gasteiger partial charge in [-0.1, -0.05) is 30.0 Å². The Hall–Kier alpha value is -3.93. The molecule has 0 aliphatic carbocycles. The van der Waals surface area contributed by atoms with Crippen LogP contribution in [-0.2, 0) is 28.8 Å². The van der Waals surface area contributed by atoms with Crippen molar-refractivity contribution in [2.75, 3.05) is 20.6 Å². The van der Waals surface area contributed by atoms with Gasteiger partial charge in [-0.3, -0.25) is 0 Å². The molecular formula is C26H21F6N5O2S. The van der Waals surface area contributed by atoms with Crippen LogP contribution in [0.2, 0.25) is 0 Å². The summed E-state index contributed by atoms with van der Waals surface area (Å²) in [6.07, 6.45) is -8.15. The molecule has 0 aliphatic heterocycles. The number of halogens is 6. The Morgan fingerprint density at radius 3 is 2.17 bits per heavy atom. The lowest BCUT2D eigenvalue weighted by atomic mass is 10.0. The summed E-state index contributed by atoms with van der Waals surface area (Å²) in [4.78, 5) is 5.92. The predicted octanol–water partition coefficient (Wildman–Crippen LogP) is 4.59. The molecule has 0 saturated heterocycles. The topological polar surface area (TPSA) is 93.6 Å². The van der Waals surface area contributed by atoms with Crippen LogP contribution in [0, 0.1) is 11.8 Å². The highest BCUT2D eigenvalue weighted by Crippen LogP contribution is 2.34. The summed E-state index contributed by atoms with van der Waals surface area (Å²) in [7, 11) is -0.504. The number of hydrogen-bond donors (Lipinski definition) is 1. The van der Waals surface area contributed by atoms with Crippen molar-refractivity contribution < 1.29 is 34.8 Å². The van der Waals surface area contributed by atoms with E-state index >= 15 is 0 Å². The molecule has 40 heavy (non-hydrogen) atoms. The van der Waals surface area contributed by atoms with Crippen LogP contribution < -0.4 is 5.14 Å². The Morgan fingerprint density at radius 2 is 1.60 bits per heavy atom. The van der Waals surface area contributed by atoms with E-state index in [0.717, 1.165) is 30.5 Å². The fourth-order valence-electron chi connectivity index (χ4n) is 3.91. The second-order valence-electron chi connectivity index (χ2n) is 9.02. The van der Waals surface area contributed by atoms with E-state index in [-0.39, 0.29) is 33.8 Å². The maximum absolute atomic E-state index is 13.9. The molecule has 4 rings (SSSR count). The number of primary sulfonamides is 1. The quantitative estimate of drug-likeness (QED) is 0.275. The van der Waals surface area contributed by atoms with Crippen molar-refractivity contribution in [1.82, 2.24) is 19.5 Å². The van der Waals surface area contributed by atoms with Crippen LogP contribution in [0.15, 0.2) is 59.6 Å². The van der Waals surface area contributed by atoms with Gasteiger partial charge in [0, 0.05) is 17.7 Å². The van der Waals surface area contributed by atoms with E-state index in [4.69, 9.17) is 5.14 Å². The molecule has 0 bridgehead atoms. The molecule has 0 radical (unpaired) electrons. The number of fused-ring (bicyclic) bond motifs is 1. The maximum atomic E-state index is 13.9. The molecule has 2 aromatic carbocycles. The van der Waals surface area contributed by atoms with Crippen LogP contribution in [0.25, 0.3) is 16.9 Å². The molecule has 0 saturated carbocycles. The molecular weight excluding hydrogens is 560 g/mol. The van der Waals surface area contributed by atoms with Crippen molar-refractivity contribution >= 4 is 15.7 Å². The molecule has 0 atom stereocenters. The van der Waals surface area contributed by atoms with Crippen molar-refractivity contribution in [1.29, 1.82) is 0 Å². The maximum Gasteiger partial charge on any atom is 0.433 e. The minimum atomic E-state index is -4.87. The van der Waals surface area contributed by atoms with Crippen molar-refractivity contribution in [2.24, 2.45) is 5.14 Å². The Labute approximate surface area is 225 Å². The molecule has 2 aromatic heterocycles. The van der Waals surface area contributed by atoms with Gasteiger partial charge in [0.25, 0.3) is 0 Å². The molecule has 210 valence electrons. The zero-order chi connectivity index (χ0) is 29.5. The monoisotopic (exact) mass is 581 g/mol. The second-order valence-corrected chi connectivity index (χ2v) is 10.6. The number of likely N-dealkylation sites (N-methyl/N-ethyl adjacent to an activating group) is 1. The normalized spacial score (nSPS) is 12.6. The molecule has 0 aliphatic rings. The van der Waals surface area contributed by atoms with Gasteiger partial charge in [0.15, 0.2) is 11.3 Å². The molecule has 2 N–H and O–H groups in total. The number of alkyl halides is 6. The molecule has 0 spiro atoms. The zero-order valence-corrected chi connectivity index (χ0v) is 21.8. The summed E-state index contributed by atoms with van der Waals surface area (Å²) in [5.74, 6) is 5.51. The summed E-state index contributed by atoms with van der Waals surface area (Å²) in [6.45, 7) is 0.463. The first-order valence-electron chi connectivity index (χ1n) is 11.5. The molecule has 0 unspecified atom stereocenters. The van der Waals surface area contributed by atoms with Gasteiger partial charge < -0.3 is 4.90 Å². The van der Waals surface area contributed by atoms with Gasteiger partial charge in [-0.25, -0.2) is 23.1 Å². The summed E-state index contributed by atoms with van der Waals surface area (Å²) in [5.41, 5.74) is -2.04. The Morgan fingerprint density at radius 1 is 0.950 bits per heavy atom. The molecule has 0 amide bonds. The van der Waals surface area contributed by atoms with Gasteiger partial charge in [0.1, 0.15) is 0 Å². The third-order valence-corrected chi connectivity index (χ3v) is 6.85. The highest BCUT2D eigenvalue weighted by molar-refractivity contribution is 7.89. The molecule has 14 heteroatoms. The average Bonchev–Trinajstić information content (AvgIpc) is 3.26. The fourth-order valence-corrected chi connectivity index (χ4v) is 4.73. The summed E-state index contributed by atoms with van der Waals surface area (Å²) < 4.78 is 105. The number of nitrogens with zero attached hydrogens (tertiary/aromatic N) is 4. The minimum absolute atomic E-state index is 0.0150. The van der Waals surface area contributed by atoms with Gasteiger partial charge in [-0.05, 0) is 56.4 Å². The van der Waals surface area contributed by atoms with Crippen LogP contribution in [0.3, 0.4) is 0 Å². The van der Waals surface area contributed by atoms with E-state index in [0.29, 0.717) is 28.3 Å². The highest BCUT2D eigenvalue weighted by atomic mass is 32.2. The largest absolute Gasteiger partial charge is 0.433 e. The first kappa shape index (κ1) is 29.1. The molecule has 2 heterocycles. The first-order chi connectivity index (χ1) is 18.6. The van der Waals surface area contributed by atoms with Crippen LogP contribution in [-0.4, -0.2) is 48.6 Å². The smallest absolute Gasteiger partial charge is 0.309 e. The molecule has 0 fully saturated rings. The molecule has 4 aromatic rings. The highest BCUT2D eigenvalue weighted by Gasteiger charge is 2.36. The first-order valence-corrected chi connectivity index (χ1v) is 13.1. The average molecular weight is 582 g/mol. The summed E-state index contributed by atoms with van der Waals surface area (Å²) >= 11 is 0. The Kier molecular flexibility index (Phi) is 7.68. The van der Waals surface area contributed by atoms with Crippen molar-refractivity contribution in [3.8, 4) is 23.1 Å². The number of sulfonamides is 1. The van der Waals surface area contributed by atoms with Crippen molar-refractivity contribution in [2.45, 2.75) is 23.7 Å². The van der Waals surface area contributed by atoms with Crippen LogP contribution in [0.4, 0.5) is 26.3 Å². The predicted molar refractivity (Wildman–Crippen MR) is 134 cm³/mol. The molecule has 7 nitrogen and oxygen atoms in total. The standard InChI is InChI=1S/C26H21F6N5O2S/c1-36(2)13-12-20-16(4-3-5-22(20)40(33,38)39)6-7-18-15-34-37-23(26(30,31)32)14-21(35-24(18)37)17-8-10-19(11-9-17)25(27,28)29/h3-5,8-11,14-15H,12-13H2,1-2H3,(H2,33,38,39). The fraction of sp³-hybridized carbons (Fsp3) is 0.231.